The van der Waals surface area contributed by atoms with Crippen molar-refractivity contribution in [3.05, 3.63) is 66.0 Å². The molecule has 0 aliphatic carbocycles. The van der Waals surface area contributed by atoms with E-state index in [4.69, 9.17) is 0 Å². The predicted molar refractivity (Wildman–Crippen MR) is 76.3 cm³/mol. The van der Waals surface area contributed by atoms with Gasteiger partial charge in [0.15, 0.2) is 0 Å². The number of halogens is 1. The summed E-state index contributed by atoms with van der Waals surface area (Å²) in [4.78, 5) is 11.2. The Balaban J connectivity index is 1.94. The van der Waals surface area contributed by atoms with Crippen molar-refractivity contribution in [3.8, 4) is 0 Å². The molecule has 20 heavy (non-hydrogen) atoms. The number of rotatable bonds is 3. The molecule has 100 valence electrons. The van der Waals surface area contributed by atoms with Gasteiger partial charge in [-0.15, -0.1) is 0 Å². The molecule has 3 rings (SSSR count). The van der Waals surface area contributed by atoms with Crippen LogP contribution in [0.2, 0.25) is 0 Å². The standard InChI is InChI=1S/C16H13FN2O/c17-13-8-6-12(7-9-13)16-10-15(11-20)19(18-16)14-4-2-1-3-5-14/h1-9,11,15H,10H2. The Bertz CT molecular complexity index is 637. The second-order valence-electron chi connectivity index (χ2n) is 4.64. The number of benzene rings is 2. The molecule has 2 aromatic rings. The highest BCUT2D eigenvalue weighted by atomic mass is 19.1. The highest BCUT2D eigenvalue weighted by molar-refractivity contribution is 6.05. The minimum atomic E-state index is -0.308. The molecule has 4 heteroatoms. The van der Waals surface area contributed by atoms with E-state index in [2.05, 4.69) is 5.10 Å². The first-order valence-corrected chi connectivity index (χ1v) is 6.41. The number of nitrogens with zero attached hydrogens (tertiary/aromatic N) is 2. The molecule has 1 unspecified atom stereocenters. The lowest BCUT2D eigenvalue weighted by atomic mass is 10.0. The molecule has 0 bridgehead atoms. The van der Waals surface area contributed by atoms with Crippen molar-refractivity contribution in [1.82, 2.24) is 0 Å². The summed E-state index contributed by atoms with van der Waals surface area (Å²) in [6, 6.07) is 15.4. The highest BCUT2D eigenvalue weighted by Crippen LogP contribution is 2.25. The van der Waals surface area contributed by atoms with Crippen LogP contribution in [-0.4, -0.2) is 18.0 Å². The third-order valence-electron chi connectivity index (χ3n) is 3.30. The minimum absolute atomic E-state index is 0.279. The van der Waals surface area contributed by atoms with Crippen molar-refractivity contribution in [3.63, 3.8) is 0 Å². The van der Waals surface area contributed by atoms with Crippen LogP contribution in [0, 0.1) is 5.82 Å². The number of hydrogen-bond acceptors (Lipinski definition) is 3. The van der Waals surface area contributed by atoms with Crippen molar-refractivity contribution in [2.45, 2.75) is 12.5 Å². The average Bonchev–Trinajstić information content (AvgIpc) is 2.93. The van der Waals surface area contributed by atoms with Gasteiger partial charge in [0.05, 0.1) is 11.4 Å². The molecule has 3 nitrogen and oxygen atoms in total. The molecule has 1 heterocycles. The lowest BCUT2D eigenvalue weighted by Gasteiger charge is -2.18. The maximum Gasteiger partial charge on any atom is 0.144 e. The predicted octanol–water partition coefficient (Wildman–Crippen LogP) is 3.01. The van der Waals surface area contributed by atoms with Gasteiger partial charge in [0.2, 0.25) is 0 Å². The number of carbonyl (C=O) groups excluding carboxylic acids is 1. The van der Waals surface area contributed by atoms with E-state index in [9.17, 15) is 9.18 Å². The largest absolute Gasteiger partial charge is 0.301 e. The van der Waals surface area contributed by atoms with E-state index in [1.807, 2.05) is 30.3 Å². The molecule has 2 aromatic carbocycles. The van der Waals surface area contributed by atoms with Crippen molar-refractivity contribution in [1.29, 1.82) is 0 Å². The Kier molecular flexibility index (Phi) is 3.29. The molecule has 0 saturated heterocycles. The molecule has 0 spiro atoms. The van der Waals surface area contributed by atoms with E-state index < -0.39 is 0 Å². The zero-order valence-electron chi connectivity index (χ0n) is 10.7. The molecule has 0 aromatic heterocycles. The van der Waals surface area contributed by atoms with Crippen molar-refractivity contribution in [2.24, 2.45) is 5.10 Å². The topological polar surface area (TPSA) is 32.7 Å². The Morgan fingerprint density at radius 3 is 2.45 bits per heavy atom. The Morgan fingerprint density at radius 1 is 1.10 bits per heavy atom. The molecule has 0 fully saturated rings. The van der Waals surface area contributed by atoms with Crippen LogP contribution < -0.4 is 5.01 Å². The Labute approximate surface area is 116 Å². The summed E-state index contributed by atoms with van der Waals surface area (Å²) < 4.78 is 13.0. The summed E-state index contributed by atoms with van der Waals surface area (Å²) in [7, 11) is 0. The number of aldehydes is 1. The van der Waals surface area contributed by atoms with Gasteiger partial charge in [-0.25, -0.2) is 4.39 Å². The second kappa shape index (κ2) is 5.25. The number of carbonyl (C=O) groups is 1. The van der Waals surface area contributed by atoms with E-state index in [1.54, 1.807) is 17.1 Å². The number of hydrogen-bond donors (Lipinski definition) is 0. The molecule has 1 aliphatic rings. The van der Waals surface area contributed by atoms with Crippen LogP contribution in [0.3, 0.4) is 0 Å². The summed E-state index contributed by atoms with van der Waals surface area (Å²) in [5, 5.41) is 6.22. The van der Waals surface area contributed by atoms with Gasteiger partial charge >= 0.3 is 0 Å². The fourth-order valence-electron chi connectivity index (χ4n) is 2.28. The fourth-order valence-corrected chi connectivity index (χ4v) is 2.28. The first kappa shape index (κ1) is 12.5. The highest BCUT2D eigenvalue weighted by Gasteiger charge is 2.27. The summed E-state index contributed by atoms with van der Waals surface area (Å²) in [6.45, 7) is 0. The molecule has 0 amide bonds. The van der Waals surface area contributed by atoms with Crippen LogP contribution >= 0.6 is 0 Å². The van der Waals surface area contributed by atoms with Crippen molar-refractivity contribution >= 4 is 17.7 Å². The summed E-state index contributed by atoms with van der Waals surface area (Å²) in [6.07, 6.45) is 1.43. The van der Waals surface area contributed by atoms with Crippen molar-refractivity contribution < 1.29 is 9.18 Å². The zero-order valence-corrected chi connectivity index (χ0v) is 10.7. The first-order chi connectivity index (χ1) is 9.78. The number of hydrazone groups is 1. The van der Waals surface area contributed by atoms with E-state index in [-0.39, 0.29) is 11.9 Å². The third-order valence-corrected chi connectivity index (χ3v) is 3.30. The van der Waals surface area contributed by atoms with E-state index in [0.717, 1.165) is 23.2 Å². The first-order valence-electron chi connectivity index (χ1n) is 6.41. The van der Waals surface area contributed by atoms with Gasteiger partial charge in [0, 0.05) is 6.42 Å². The maximum atomic E-state index is 13.0. The smallest absolute Gasteiger partial charge is 0.144 e. The van der Waals surface area contributed by atoms with Crippen molar-refractivity contribution in [2.75, 3.05) is 5.01 Å². The molecular formula is C16H13FN2O. The minimum Gasteiger partial charge on any atom is -0.301 e. The molecule has 0 radical (unpaired) electrons. The van der Waals surface area contributed by atoms with Gasteiger partial charge in [-0.3, -0.25) is 5.01 Å². The van der Waals surface area contributed by atoms with Crippen LogP contribution in [-0.2, 0) is 4.79 Å². The van der Waals surface area contributed by atoms with Gasteiger partial charge in [-0.1, -0.05) is 30.3 Å². The van der Waals surface area contributed by atoms with E-state index in [0.29, 0.717) is 6.42 Å². The maximum absolute atomic E-state index is 13.0. The van der Waals surface area contributed by atoms with Crippen LogP contribution in [0.25, 0.3) is 0 Å². The zero-order chi connectivity index (χ0) is 13.9. The van der Waals surface area contributed by atoms with Gasteiger partial charge in [0.25, 0.3) is 0 Å². The molecule has 0 saturated carbocycles. The van der Waals surface area contributed by atoms with Crippen LogP contribution in [0.4, 0.5) is 10.1 Å². The molecule has 0 N–H and O–H groups in total. The Hall–Kier alpha value is -2.49. The second-order valence-corrected chi connectivity index (χ2v) is 4.64. The van der Waals surface area contributed by atoms with Crippen LogP contribution in [0.1, 0.15) is 12.0 Å². The fraction of sp³-hybridized carbons (Fsp3) is 0.125. The van der Waals surface area contributed by atoms with Crippen LogP contribution in [0.5, 0.6) is 0 Å². The average molecular weight is 268 g/mol. The van der Waals surface area contributed by atoms with E-state index >= 15 is 0 Å². The molecule has 1 aliphatic heterocycles. The van der Waals surface area contributed by atoms with Gasteiger partial charge in [-0.05, 0) is 29.8 Å². The van der Waals surface area contributed by atoms with E-state index in [1.165, 1.54) is 12.1 Å². The monoisotopic (exact) mass is 268 g/mol. The van der Waals surface area contributed by atoms with Gasteiger partial charge < -0.3 is 4.79 Å². The quantitative estimate of drug-likeness (QED) is 0.802. The SMILES string of the molecule is O=CC1CC(c2ccc(F)cc2)=NN1c1ccccc1. The summed E-state index contributed by atoms with van der Waals surface area (Å²) >= 11 is 0. The third kappa shape index (κ3) is 2.32. The molecule has 1 atom stereocenters. The normalized spacial score (nSPS) is 17.9. The number of para-hydroxylation sites is 1. The summed E-state index contributed by atoms with van der Waals surface area (Å²) in [5.74, 6) is -0.279. The van der Waals surface area contributed by atoms with Crippen LogP contribution in [0.15, 0.2) is 59.7 Å². The Morgan fingerprint density at radius 2 is 1.80 bits per heavy atom. The lowest BCUT2D eigenvalue weighted by Crippen LogP contribution is -2.27. The van der Waals surface area contributed by atoms with Gasteiger partial charge in [0.1, 0.15) is 18.1 Å². The lowest BCUT2D eigenvalue weighted by molar-refractivity contribution is -0.108. The summed E-state index contributed by atoms with van der Waals surface area (Å²) in [5.41, 5.74) is 2.52. The van der Waals surface area contributed by atoms with Gasteiger partial charge in [-0.2, -0.15) is 5.10 Å². The number of anilines is 1. The molecular weight excluding hydrogens is 255 g/mol.